The number of benzene rings is 2. The van der Waals surface area contributed by atoms with Gasteiger partial charge in [0.15, 0.2) is 0 Å². The molecule has 0 unspecified atom stereocenters. The first-order valence-corrected chi connectivity index (χ1v) is 10.2. The molecule has 2 N–H and O–H groups in total. The molecule has 0 aromatic heterocycles. The summed E-state index contributed by atoms with van der Waals surface area (Å²) in [6, 6.07) is 16.6. The molecular weight excluding hydrogens is 348 g/mol. The summed E-state index contributed by atoms with van der Waals surface area (Å²) in [7, 11) is 0. The van der Waals surface area contributed by atoms with Crippen LogP contribution in [0.5, 0.6) is 0 Å². The molecular formula is C24H28N2O2. The highest BCUT2D eigenvalue weighted by Crippen LogP contribution is 2.39. The van der Waals surface area contributed by atoms with Crippen molar-refractivity contribution in [2.75, 3.05) is 13.1 Å². The number of carbonyl (C=O) groups excluding carboxylic acids is 2. The summed E-state index contributed by atoms with van der Waals surface area (Å²) in [4.78, 5) is 27.1. The number of hydrogen-bond acceptors (Lipinski definition) is 2. The lowest BCUT2D eigenvalue weighted by Gasteiger charge is -2.31. The second kappa shape index (κ2) is 7.42. The van der Waals surface area contributed by atoms with E-state index in [4.69, 9.17) is 5.73 Å². The molecule has 2 aliphatic rings. The van der Waals surface area contributed by atoms with E-state index in [1.165, 1.54) is 5.56 Å². The Morgan fingerprint density at radius 2 is 1.93 bits per heavy atom. The zero-order chi connectivity index (χ0) is 19.7. The quantitative estimate of drug-likeness (QED) is 0.865. The van der Waals surface area contributed by atoms with E-state index in [0.717, 1.165) is 36.0 Å². The topological polar surface area (TPSA) is 63.4 Å². The van der Waals surface area contributed by atoms with Crippen molar-refractivity contribution < 1.29 is 9.59 Å². The van der Waals surface area contributed by atoms with E-state index in [1.54, 1.807) is 0 Å². The van der Waals surface area contributed by atoms with Crippen LogP contribution in [0.2, 0.25) is 0 Å². The van der Waals surface area contributed by atoms with Gasteiger partial charge < -0.3 is 10.6 Å². The van der Waals surface area contributed by atoms with E-state index < -0.39 is 5.41 Å². The molecule has 146 valence electrons. The number of aryl methyl sites for hydroxylation is 1. The van der Waals surface area contributed by atoms with Crippen LogP contribution in [0.15, 0.2) is 48.5 Å². The minimum atomic E-state index is -0.681. The molecule has 4 nitrogen and oxygen atoms in total. The van der Waals surface area contributed by atoms with Crippen molar-refractivity contribution in [1.29, 1.82) is 0 Å². The molecule has 0 radical (unpaired) electrons. The number of nitrogens with two attached hydrogens (primary N) is 1. The van der Waals surface area contributed by atoms with Crippen LogP contribution >= 0.6 is 0 Å². The van der Waals surface area contributed by atoms with Crippen LogP contribution in [0.1, 0.15) is 36.8 Å². The average Bonchev–Trinajstić information content (AvgIpc) is 3.06. The van der Waals surface area contributed by atoms with Gasteiger partial charge in [-0.2, -0.15) is 0 Å². The third-order valence-electron chi connectivity index (χ3n) is 6.52. The fourth-order valence-electron chi connectivity index (χ4n) is 4.54. The van der Waals surface area contributed by atoms with E-state index in [9.17, 15) is 9.59 Å². The molecule has 2 amide bonds. The fraction of sp³-hybridized carbons (Fsp3) is 0.417. The third kappa shape index (κ3) is 3.44. The van der Waals surface area contributed by atoms with Gasteiger partial charge in [-0.1, -0.05) is 60.5 Å². The molecule has 2 aromatic rings. The number of primary amides is 1. The molecule has 2 fully saturated rings. The van der Waals surface area contributed by atoms with Crippen LogP contribution < -0.4 is 5.73 Å². The maximum absolute atomic E-state index is 12.7. The Kier molecular flexibility index (Phi) is 4.96. The Bertz CT molecular complexity index is 903. The smallest absolute Gasteiger partial charge is 0.225 e. The van der Waals surface area contributed by atoms with Gasteiger partial charge in [0.2, 0.25) is 11.8 Å². The summed E-state index contributed by atoms with van der Waals surface area (Å²) in [5.74, 6) is 0.0695. The number of nitrogens with zero attached hydrogens (tertiary/aromatic N) is 1. The highest BCUT2D eigenvalue weighted by molar-refractivity contribution is 5.86. The molecule has 4 rings (SSSR count). The highest BCUT2D eigenvalue weighted by atomic mass is 16.2. The van der Waals surface area contributed by atoms with Gasteiger partial charge in [-0.15, -0.1) is 0 Å². The molecule has 28 heavy (non-hydrogen) atoms. The van der Waals surface area contributed by atoms with Crippen molar-refractivity contribution in [1.82, 2.24) is 4.90 Å². The van der Waals surface area contributed by atoms with Crippen LogP contribution in [0, 0.1) is 18.3 Å². The lowest BCUT2D eigenvalue weighted by atomic mass is 9.78. The van der Waals surface area contributed by atoms with E-state index >= 15 is 0 Å². The molecule has 1 heterocycles. The first-order valence-electron chi connectivity index (χ1n) is 10.2. The van der Waals surface area contributed by atoms with Gasteiger partial charge in [0, 0.05) is 19.0 Å². The average molecular weight is 377 g/mol. The van der Waals surface area contributed by atoms with E-state index in [-0.39, 0.29) is 17.7 Å². The molecule has 0 bridgehead atoms. The molecule has 1 atom stereocenters. The Morgan fingerprint density at radius 1 is 1.14 bits per heavy atom. The standard InChI is InChI=1S/C24H28N2O2/c1-17-6-4-10-19(14-17)21-11-3-2-7-20(21)15-24(23(25)28)12-13-26(16-24)22(27)18-8-5-9-18/h2-4,6-7,10-11,14,18H,5,8-9,12-13,15-16H2,1H3,(H2,25,28)/t24-/m1/s1. The number of hydrogen-bond donors (Lipinski definition) is 1. The summed E-state index contributed by atoms with van der Waals surface area (Å²) in [6.45, 7) is 3.16. The van der Waals surface area contributed by atoms with Gasteiger partial charge in [-0.25, -0.2) is 0 Å². The largest absolute Gasteiger partial charge is 0.369 e. The highest BCUT2D eigenvalue weighted by Gasteiger charge is 2.46. The first-order chi connectivity index (χ1) is 13.5. The summed E-state index contributed by atoms with van der Waals surface area (Å²) in [5, 5.41) is 0. The fourth-order valence-corrected chi connectivity index (χ4v) is 4.54. The maximum Gasteiger partial charge on any atom is 0.225 e. The lowest BCUT2D eigenvalue weighted by molar-refractivity contribution is -0.138. The van der Waals surface area contributed by atoms with Crippen molar-refractivity contribution in [3.63, 3.8) is 0 Å². The predicted molar refractivity (Wildman–Crippen MR) is 110 cm³/mol. The first kappa shape index (κ1) is 18.7. The van der Waals surface area contributed by atoms with Gasteiger partial charge in [0.25, 0.3) is 0 Å². The summed E-state index contributed by atoms with van der Waals surface area (Å²) in [5.41, 5.74) is 9.82. The third-order valence-corrected chi connectivity index (χ3v) is 6.52. The van der Waals surface area contributed by atoms with Crippen molar-refractivity contribution in [3.05, 3.63) is 59.7 Å². The molecule has 1 saturated heterocycles. The number of likely N-dealkylation sites (tertiary alicyclic amines) is 1. The SMILES string of the molecule is Cc1cccc(-c2ccccc2C[C@]2(C(N)=O)CCN(C(=O)C3CCC3)C2)c1. The zero-order valence-electron chi connectivity index (χ0n) is 16.5. The molecule has 2 aromatic carbocycles. The zero-order valence-corrected chi connectivity index (χ0v) is 16.5. The van der Waals surface area contributed by atoms with Crippen LogP contribution in [0.3, 0.4) is 0 Å². The summed E-state index contributed by atoms with van der Waals surface area (Å²) < 4.78 is 0. The summed E-state index contributed by atoms with van der Waals surface area (Å²) in [6.07, 6.45) is 4.31. The normalized spacial score (nSPS) is 22.1. The van der Waals surface area contributed by atoms with Gasteiger partial charge in [-0.3, -0.25) is 9.59 Å². The number of rotatable bonds is 5. The number of amides is 2. The van der Waals surface area contributed by atoms with Gasteiger partial charge in [-0.05, 0) is 49.3 Å². The van der Waals surface area contributed by atoms with Crippen molar-refractivity contribution in [2.45, 2.75) is 39.0 Å². The second-order valence-corrected chi connectivity index (χ2v) is 8.49. The van der Waals surface area contributed by atoms with Crippen LogP contribution in [0.25, 0.3) is 11.1 Å². The summed E-state index contributed by atoms with van der Waals surface area (Å²) >= 11 is 0. The van der Waals surface area contributed by atoms with E-state index in [2.05, 4.69) is 43.3 Å². The van der Waals surface area contributed by atoms with Crippen LogP contribution in [0.4, 0.5) is 0 Å². The Hall–Kier alpha value is -2.62. The van der Waals surface area contributed by atoms with Crippen molar-refractivity contribution >= 4 is 11.8 Å². The molecule has 4 heteroatoms. The molecule has 0 spiro atoms. The van der Waals surface area contributed by atoms with Crippen LogP contribution in [-0.2, 0) is 16.0 Å². The molecule has 1 aliphatic carbocycles. The second-order valence-electron chi connectivity index (χ2n) is 8.49. The van der Waals surface area contributed by atoms with Gasteiger partial charge >= 0.3 is 0 Å². The van der Waals surface area contributed by atoms with Gasteiger partial charge in [0.1, 0.15) is 0 Å². The maximum atomic E-state index is 12.7. The molecule has 1 saturated carbocycles. The predicted octanol–water partition coefficient (Wildman–Crippen LogP) is 3.71. The van der Waals surface area contributed by atoms with Crippen molar-refractivity contribution in [2.24, 2.45) is 17.1 Å². The van der Waals surface area contributed by atoms with Crippen LogP contribution in [-0.4, -0.2) is 29.8 Å². The van der Waals surface area contributed by atoms with Crippen molar-refractivity contribution in [3.8, 4) is 11.1 Å². The lowest BCUT2D eigenvalue weighted by Crippen LogP contribution is -2.44. The Balaban J connectivity index is 1.61. The van der Waals surface area contributed by atoms with E-state index in [0.29, 0.717) is 25.9 Å². The molecule has 1 aliphatic heterocycles. The minimum Gasteiger partial charge on any atom is -0.369 e. The van der Waals surface area contributed by atoms with E-state index in [1.807, 2.05) is 17.0 Å². The van der Waals surface area contributed by atoms with Gasteiger partial charge in [0.05, 0.1) is 5.41 Å². The Morgan fingerprint density at radius 3 is 2.61 bits per heavy atom. The Labute approximate surface area is 166 Å². The number of carbonyl (C=O) groups is 2. The minimum absolute atomic E-state index is 0.156. The monoisotopic (exact) mass is 376 g/mol.